The summed E-state index contributed by atoms with van der Waals surface area (Å²) in [4.78, 5) is 3.83. The van der Waals surface area contributed by atoms with Crippen LogP contribution >= 0.6 is 11.6 Å². The summed E-state index contributed by atoms with van der Waals surface area (Å²) in [5.41, 5.74) is 3.98. The maximum Gasteiger partial charge on any atom is 0.164 e. The molecule has 1 aromatic heterocycles. The van der Waals surface area contributed by atoms with Gasteiger partial charge in [-0.3, -0.25) is 5.43 Å². The van der Waals surface area contributed by atoms with E-state index in [1.807, 2.05) is 7.05 Å². The van der Waals surface area contributed by atoms with E-state index < -0.39 is 5.82 Å². The first-order valence-electron chi connectivity index (χ1n) is 4.97. The monoisotopic (exact) mass is 229 g/mol. The smallest absolute Gasteiger partial charge is 0.164 e. The number of hydrogen-bond donors (Lipinski definition) is 1. The number of pyridine rings is 1. The van der Waals surface area contributed by atoms with Gasteiger partial charge in [-0.1, -0.05) is 11.6 Å². The Morgan fingerprint density at radius 2 is 2.47 bits per heavy atom. The highest BCUT2D eigenvalue weighted by Crippen LogP contribution is 2.30. The maximum atomic E-state index is 13.2. The van der Waals surface area contributed by atoms with Gasteiger partial charge in [-0.05, 0) is 31.5 Å². The Hall–Kier alpha value is -0.710. The lowest BCUT2D eigenvalue weighted by molar-refractivity contribution is 0.190. The first kappa shape index (κ1) is 10.8. The fraction of sp³-hybridized carbons (Fsp3) is 0.500. The molecule has 0 bridgehead atoms. The summed E-state index contributed by atoms with van der Waals surface area (Å²) in [6.07, 6.45) is 3.77. The SMILES string of the molecule is CNN1CCC[C@@H]1c1cnc(Cl)c(F)c1. The highest BCUT2D eigenvalue weighted by Gasteiger charge is 2.25. The molecule has 0 spiro atoms. The maximum absolute atomic E-state index is 13.2. The Morgan fingerprint density at radius 1 is 1.67 bits per heavy atom. The molecule has 1 aliphatic heterocycles. The van der Waals surface area contributed by atoms with Crippen molar-refractivity contribution >= 4 is 11.6 Å². The van der Waals surface area contributed by atoms with Gasteiger partial charge in [0.1, 0.15) is 0 Å². The largest absolute Gasteiger partial charge is 0.258 e. The van der Waals surface area contributed by atoms with Crippen LogP contribution in [0.4, 0.5) is 4.39 Å². The Kier molecular flexibility index (Phi) is 3.19. The molecule has 0 amide bonds. The average molecular weight is 230 g/mol. The van der Waals surface area contributed by atoms with E-state index in [2.05, 4.69) is 15.4 Å². The lowest BCUT2D eigenvalue weighted by Gasteiger charge is -2.23. The number of nitrogens with zero attached hydrogens (tertiary/aromatic N) is 2. The molecule has 1 atom stereocenters. The van der Waals surface area contributed by atoms with Gasteiger partial charge >= 0.3 is 0 Å². The Balaban J connectivity index is 2.25. The second kappa shape index (κ2) is 4.43. The molecule has 3 nitrogen and oxygen atoms in total. The molecule has 2 rings (SSSR count). The highest BCUT2D eigenvalue weighted by molar-refractivity contribution is 6.29. The van der Waals surface area contributed by atoms with E-state index in [1.165, 1.54) is 6.07 Å². The van der Waals surface area contributed by atoms with Crippen molar-refractivity contribution in [3.63, 3.8) is 0 Å². The van der Waals surface area contributed by atoms with Gasteiger partial charge in [0.2, 0.25) is 0 Å². The first-order valence-corrected chi connectivity index (χ1v) is 5.35. The Labute approximate surface area is 93.2 Å². The van der Waals surface area contributed by atoms with E-state index >= 15 is 0 Å². The molecule has 1 N–H and O–H groups in total. The standard InChI is InChI=1S/C10H13ClFN3/c1-13-15-4-2-3-9(15)7-5-8(12)10(11)14-6-7/h5-6,9,13H,2-4H2,1H3/t9-/m1/s1. The second-order valence-corrected chi connectivity index (χ2v) is 3.97. The lowest BCUT2D eigenvalue weighted by atomic mass is 10.1. The summed E-state index contributed by atoms with van der Waals surface area (Å²) in [6.45, 7) is 0.978. The van der Waals surface area contributed by atoms with Crippen molar-refractivity contribution in [2.24, 2.45) is 0 Å². The van der Waals surface area contributed by atoms with Crippen molar-refractivity contribution in [2.75, 3.05) is 13.6 Å². The summed E-state index contributed by atoms with van der Waals surface area (Å²) >= 11 is 5.54. The number of halogens is 2. The summed E-state index contributed by atoms with van der Waals surface area (Å²) in [5, 5.41) is 2.03. The van der Waals surface area contributed by atoms with Gasteiger partial charge in [-0.2, -0.15) is 0 Å². The third-order valence-electron chi connectivity index (χ3n) is 2.74. The molecular weight excluding hydrogens is 217 g/mol. The number of aromatic nitrogens is 1. The zero-order valence-electron chi connectivity index (χ0n) is 8.50. The third kappa shape index (κ3) is 2.12. The Bertz CT molecular complexity index is 359. The van der Waals surface area contributed by atoms with Crippen molar-refractivity contribution in [2.45, 2.75) is 18.9 Å². The van der Waals surface area contributed by atoms with Gasteiger partial charge in [0.05, 0.1) is 6.04 Å². The van der Waals surface area contributed by atoms with Gasteiger partial charge in [0.15, 0.2) is 11.0 Å². The van der Waals surface area contributed by atoms with Crippen molar-refractivity contribution in [1.29, 1.82) is 0 Å². The van der Waals surface area contributed by atoms with Crippen molar-refractivity contribution in [3.05, 3.63) is 28.8 Å². The lowest BCUT2D eigenvalue weighted by Crippen LogP contribution is -2.34. The van der Waals surface area contributed by atoms with E-state index in [0.717, 1.165) is 24.9 Å². The molecule has 5 heteroatoms. The van der Waals surface area contributed by atoms with Gasteiger partial charge < -0.3 is 0 Å². The zero-order valence-corrected chi connectivity index (χ0v) is 9.26. The normalized spacial score (nSPS) is 22.2. The minimum Gasteiger partial charge on any atom is -0.258 e. The van der Waals surface area contributed by atoms with Gasteiger partial charge in [-0.25, -0.2) is 14.4 Å². The van der Waals surface area contributed by atoms with E-state index in [1.54, 1.807) is 6.20 Å². The van der Waals surface area contributed by atoms with Crippen LogP contribution in [0.25, 0.3) is 0 Å². The molecule has 0 radical (unpaired) electrons. The molecule has 0 aromatic carbocycles. The van der Waals surface area contributed by atoms with Gasteiger partial charge in [-0.15, -0.1) is 0 Å². The zero-order chi connectivity index (χ0) is 10.8. The van der Waals surface area contributed by atoms with Crippen LogP contribution in [0, 0.1) is 5.82 Å². The summed E-state index contributed by atoms with van der Waals surface area (Å²) in [7, 11) is 1.87. The van der Waals surface area contributed by atoms with Crippen LogP contribution in [0.1, 0.15) is 24.4 Å². The number of nitrogens with one attached hydrogen (secondary N) is 1. The molecule has 0 saturated carbocycles. The minimum atomic E-state index is -0.447. The minimum absolute atomic E-state index is 0.0623. The molecule has 82 valence electrons. The summed E-state index contributed by atoms with van der Waals surface area (Å²) in [5.74, 6) is -0.447. The molecule has 1 aliphatic rings. The molecule has 1 saturated heterocycles. The molecule has 15 heavy (non-hydrogen) atoms. The summed E-state index contributed by atoms with van der Waals surface area (Å²) in [6, 6.07) is 1.67. The Morgan fingerprint density at radius 3 is 3.13 bits per heavy atom. The van der Waals surface area contributed by atoms with Crippen LogP contribution in [0.3, 0.4) is 0 Å². The van der Waals surface area contributed by atoms with Crippen LogP contribution in [-0.4, -0.2) is 23.6 Å². The quantitative estimate of drug-likeness (QED) is 0.788. The molecule has 0 unspecified atom stereocenters. The second-order valence-electron chi connectivity index (χ2n) is 3.62. The number of rotatable bonds is 2. The third-order valence-corrected chi connectivity index (χ3v) is 3.02. The van der Waals surface area contributed by atoms with Crippen LogP contribution in [0.5, 0.6) is 0 Å². The van der Waals surface area contributed by atoms with Crippen LogP contribution in [0.2, 0.25) is 5.15 Å². The van der Waals surface area contributed by atoms with E-state index in [0.29, 0.717) is 0 Å². The average Bonchev–Trinajstić information content (AvgIpc) is 2.70. The van der Waals surface area contributed by atoms with E-state index in [-0.39, 0.29) is 11.2 Å². The number of hydrogen-bond acceptors (Lipinski definition) is 3. The molecule has 0 aliphatic carbocycles. The van der Waals surface area contributed by atoms with Crippen molar-refractivity contribution in [3.8, 4) is 0 Å². The predicted octanol–water partition coefficient (Wildman–Crippen LogP) is 2.15. The van der Waals surface area contributed by atoms with Gasteiger partial charge in [0, 0.05) is 12.7 Å². The molecule has 1 fully saturated rings. The molecular formula is C10H13ClFN3. The molecule has 1 aromatic rings. The predicted molar refractivity (Wildman–Crippen MR) is 56.9 cm³/mol. The van der Waals surface area contributed by atoms with Crippen LogP contribution in [0.15, 0.2) is 12.3 Å². The van der Waals surface area contributed by atoms with E-state index in [4.69, 9.17) is 11.6 Å². The number of hydrazine groups is 1. The first-order chi connectivity index (χ1) is 7.22. The highest BCUT2D eigenvalue weighted by atomic mass is 35.5. The van der Waals surface area contributed by atoms with Gasteiger partial charge in [0.25, 0.3) is 0 Å². The van der Waals surface area contributed by atoms with Crippen molar-refractivity contribution in [1.82, 2.24) is 15.4 Å². The molecule has 2 heterocycles. The topological polar surface area (TPSA) is 28.2 Å². The van der Waals surface area contributed by atoms with Crippen LogP contribution < -0.4 is 5.43 Å². The van der Waals surface area contributed by atoms with E-state index in [9.17, 15) is 4.39 Å². The van der Waals surface area contributed by atoms with Crippen molar-refractivity contribution < 1.29 is 4.39 Å². The van der Waals surface area contributed by atoms with Crippen LogP contribution in [-0.2, 0) is 0 Å². The summed E-state index contributed by atoms with van der Waals surface area (Å²) < 4.78 is 13.2. The fourth-order valence-electron chi connectivity index (χ4n) is 2.00. The fourth-order valence-corrected chi connectivity index (χ4v) is 2.10.